The van der Waals surface area contributed by atoms with Crippen LogP contribution in [0.15, 0.2) is 73.1 Å². The number of likely N-dealkylation sites (tertiary alicyclic amines) is 1. The molecule has 2 aromatic heterocycles. The van der Waals surface area contributed by atoms with E-state index in [1.807, 2.05) is 54.6 Å². The Morgan fingerprint density at radius 2 is 1.80 bits per heavy atom. The highest BCUT2D eigenvalue weighted by Gasteiger charge is 2.43. The van der Waals surface area contributed by atoms with Gasteiger partial charge >= 0.3 is 0 Å². The lowest BCUT2D eigenvalue weighted by atomic mass is 9.76. The monoisotopic (exact) mass is 402 g/mol. The number of primary amides is 1. The fraction of sp³-hybridized carbons (Fsp3) is 0.292. The van der Waals surface area contributed by atoms with Crippen molar-refractivity contribution in [2.75, 3.05) is 13.1 Å². The van der Waals surface area contributed by atoms with E-state index in [4.69, 9.17) is 10.5 Å². The summed E-state index contributed by atoms with van der Waals surface area (Å²) >= 11 is 0. The molecule has 3 aromatic rings. The van der Waals surface area contributed by atoms with E-state index < -0.39 is 5.41 Å². The van der Waals surface area contributed by atoms with Crippen molar-refractivity contribution in [2.45, 2.75) is 31.4 Å². The maximum absolute atomic E-state index is 12.5. The molecule has 1 amide bonds. The van der Waals surface area contributed by atoms with Gasteiger partial charge in [-0.15, -0.1) is 0 Å². The van der Waals surface area contributed by atoms with Crippen molar-refractivity contribution in [3.05, 3.63) is 90.0 Å². The van der Waals surface area contributed by atoms with E-state index in [2.05, 4.69) is 20.9 Å². The van der Waals surface area contributed by atoms with Crippen molar-refractivity contribution >= 4 is 5.91 Å². The van der Waals surface area contributed by atoms with Crippen molar-refractivity contribution in [3.8, 4) is 5.75 Å². The molecule has 1 saturated heterocycles. The summed E-state index contributed by atoms with van der Waals surface area (Å²) in [5, 5.41) is 0. The number of rotatable bonds is 7. The molecule has 30 heavy (non-hydrogen) atoms. The summed E-state index contributed by atoms with van der Waals surface area (Å²) in [6.07, 6.45) is 5.09. The third-order valence-electron chi connectivity index (χ3n) is 5.67. The minimum atomic E-state index is -0.761. The Balaban J connectivity index is 1.51. The largest absolute Gasteiger partial charge is 0.487 e. The molecule has 1 aromatic carbocycles. The lowest BCUT2D eigenvalue weighted by Gasteiger charge is -2.40. The number of nitrogens with two attached hydrogens (primary N) is 1. The highest BCUT2D eigenvalue weighted by molar-refractivity contribution is 5.86. The topological polar surface area (TPSA) is 81.3 Å². The molecule has 3 heterocycles. The Morgan fingerprint density at radius 3 is 2.53 bits per heavy atom. The smallest absolute Gasteiger partial charge is 0.230 e. The highest BCUT2D eigenvalue weighted by Crippen LogP contribution is 2.34. The summed E-state index contributed by atoms with van der Waals surface area (Å²) in [6, 6.07) is 19.5. The fourth-order valence-corrected chi connectivity index (χ4v) is 4.11. The zero-order chi connectivity index (χ0) is 20.8. The van der Waals surface area contributed by atoms with E-state index in [0.717, 1.165) is 35.7 Å². The zero-order valence-corrected chi connectivity index (χ0v) is 16.9. The lowest BCUT2D eigenvalue weighted by molar-refractivity contribution is -0.126. The van der Waals surface area contributed by atoms with Gasteiger partial charge in [0.25, 0.3) is 0 Å². The quantitative estimate of drug-likeness (QED) is 0.657. The first kappa shape index (κ1) is 20.0. The molecule has 1 aliphatic heterocycles. The Kier molecular flexibility index (Phi) is 6.05. The summed E-state index contributed by atoms with van der Waals surface area (Å²) in [5.74, 6) is 0.516. The summed E-state index contributed by atoms with van der Waals surface area (Å²) in [4.78, 5) is 23.6. The Bertz CT molecular complexity index is 981. The molecule has 0 radical (unpaired) electrons. The second kappa shape index (κ2) is 9.05. The number of aromatic nitrogens is 2. The number of pyridine rings is 2. The van der Waals surface area contributed by atoms with Gasteiger partial charge in [-0.25, -0.2) is 0 Å². The van der Waals surface area contributed by atoms with E-state index in [1.54, 1.807) is 12.4 Å². The third-order valence-corrected chi connectivity index (χ3v) is 5.67. The molecule has 1 unspecified atom stereocenters. The molecule has 6 nitrogen and oxygen atoms in total. The molecular formula is C24H26N4O2. The molecule has 1 fully saturated rings. The number of nitrogens with zero attached hydrogens (tertiary/aromatic N) is 3. The van der Waals surface area contributed by atoms with E-state index in [-0.39, 0.29) is 5.91 Å². The predicted octanol–water partition coefficient (Wildman–Crippen LogP) is 3.07. The Hall–Kier alpha value is -3.25. The second-order valence-electron chi connectivity index (χ2n) is 7.69. The van der Waals surface area contributed by atoms with Crippen LogP contribution in [0.4, 0.5) is 0 Å². The van der Waals surface area contributed by atoms with Crippen LogP contribution >= 0.6 is 0 Å². The van der Waals surface area contributed by atoms with Gasteiger partial charge in [0.2, 0.25) is 5.91 Å². The maximum Gasteiger partial charge on any atom is 0.230 e. The molecule has 4 rings (SSSR count). The molecule has 0 aliphatic carbocycles. The molecule has 0 saturated carbocycles. The van der Waals surface area contributed by atoms with Gasteiger partial charge in [0.05, 0.1) is 11.4 Å². The summed E-state index contributed by atoms with van der Waals surface area (Å²) in [6.45, 7) is 2.54. The number of amides is 1. The van der Waals surface area contributed by atoms with E-state index in [0.29, 0.717) is 26.1 Å². The van der Waals surface area contributed by atoms with Gasteiger partial charge in [0, 0.05) is 31.0 Å². The first-order valence-electron chi connectivity index (χ1n) is 10.2. The third kappa shape index (κ3) is 4.33. The van der Waals surface area contributed by atoms with Gasteiger partial charge in [0.1, 0.15) is 17.8 Å². The second-order valence-corrected chi connectivity index (χ2v) is 7.69. The molecule has 1 atom stereocenters. The van der Waals surface area contributed by atoms with E-state index in [9.17, 15) is 4.79 Å². The maximum atomic E-state index is 12.5. The van der Waals surface area contributed by atoms with Crippen LogP contribution in [-0.2, 0) is 23.4 Å². The van der Waals surface area contributed by atoms with Gasteiger partial charge in [-0.2, -0.15) is 0 Å². The molecule has 6 heteroatoms. The van der Waals surface area contributed by atoms with Gasteiger partial charge in [0.15, 0.2) is 0 Å². The molecular weight excluding hydrogens is 376 g/mol. The number of carbonyl (C=O) groups excluding carboxylic acids is 1. The lowest BCUT2D eigenvalue weighted by Crippen LogP contribution is -2.53. The molecule has 1 aliphatic rings. The minimum absolute atomic E-state index is 0.314. The average Bonchev–Trinajstić information content (AvgIpc) is 2.80. The molecule has 2 N–H and O–H groups in total. The first-order chi connectivity index (χ1) is 14.7. The van der Waals surface area contributed by atoms with Gasteiger partial charge < -0.3 is 10.5 Å². The predicted molar refractivity (Wildman–Crippen MR) is 115 cm³/mol. The zero-order valence-electron chi connectivity index (χ0n) is 16.9. The van der Waals surface area contributed by atoms with Crippen LogP contribution in [0.5, 0.6) is 5.75 Å². The first-order valence-corrected chi connectivity index (χ1v) is 10.2. The van der Waals surface area contributed by atoms with Crippen LogP contribution in [0.1, 0.15) is 29.8 Å². The van der Waals surface area contributed by atoms with Gasteiger partial charge in [-0.05, 0) is 49.7 Å². The van der Waals surface area contributed by atoms with Crippen LogP contribution < -0.4 is 10.5 Å². The molecule has 0 spiro atoms. The Labute approximate surface area is 176 Å². The Morgan fingerprint density at radius 1 is 1.03 bits per heavy atom. The van der Waals surface area contributed by atoms with E-state index in [1.165, 1.54) is 0 Å². The van der Waals surface area contributed by atoms with Crippen LogP contribution in [0.2, 0.25) is 0 Å². The summed E-state index contributed by atoms with van der Waals surface area (Å²) in [5.41, 5.74) is 7.85. The number of para-hydroxylation sites is 1. The summed E-state index contributed by atoms with van der Waals surface area (Å²) < 4.78 is 6.06. The van der Waals surface area contributed by atoms with Gasteiger partial charge in [-0.1, -0.05) is 30.3 Å². The van der Waals surface area contributed by atoms with Crippen molar-refractivity contribution in [3.63, 3.8) is 0 Å². The highest BCUT2D eigenvalue weighted by atomic mass is 16.5. The van der Waals surface area contributed by atoms with Crippen molar-refractivity contribution in [2.24, 2.45) is 5.73 Å². The number of benzene rings is 1. The van der Waals surface area contributed by atoms with Crippen LogP contribution in [-0.4, -0.2) is 33.9 Å². The normalized spacial score (nSPS) is 19.3. The average molecular weight is 402 g/mol. The SMILES string of the molecule is NC(=O)C1(c2ccccn2)CCCN(Cc2ccccc2OCc2ccccn2)C1. The van der Waals surface area contributed by atoms with Crippen molar-refractivity contribution in [1.29, 1.82) is 0 Å². The van der Waals surface area contributed by atoms with Crippen LogP contribution in [0, 0.1) is 0 Å². The standard InChI is InChI=1S/C24H26N4O2/c25-23(29)24(22-11-4-6-14-27-22)12-7-15-28(18-24)16-19-8-1-2-10-21(19)30-17-20-9-3-5-13-26-20/h1-6,8-11,13-14H,7,12,15-18H2,(H2,25,29). The summed E-state index contributed by atoms with van der Waals surface area (Å²) in [7, 11) is 0. The van der Waals surface area contributed by atoms with Crippen LogP contribution in [0.25, 0.3) is 0 Å². The molecule has 154 valence electrons. The fourth-order valence-electron chi connectivity index (χ4n) is 4.11. The van der Waals surface area contributed by atoms with Crippen LogP contribution in [0.3, 0.4) is 0 Å². The number of hydrogen-bond acceptors (Lipinski definition) is 5. The number of piperidine rings is 1. The van der Waals surface area contributed by atoms with Crippen molar-refractivity contribution < 1.29 is 9.53 Å². The van der Waals surface area contributed by atoms with Gasteiger partial charge in [-0.3, -0.25) is 19.7 Å². The minimum Gasteiger partial charge on any atom is -0.487 e. The number of carbonyl (C=O) groups is 1. The van der Waals surface area contributed by atoms with Crippen molar-refractivity contribution in [1.82, 2.24) is 14.9 Å². The molecule has 0 bridgehead atoms. The number of hydrogen-bond donors (Lipinski definition) is 1. The number of ether oxygens (including phenoxy) is 1. The van der Waals surface area contributed by atoms with E-state index >= 15 is 0 Å².